The summed E-state index contributed by atoms with van der Waals surface area (Å²) in [5.41, 5.74) is -3.27. The summed E-state index contributed by atoms with van der Waals surface area (Å²) in [6, 6.07) is 1.05. The van der Waals surface area contributed by atoms with Crippen LogP contribution in [0.5, 0.6) is 0 Å². The molecule has 2 nitrogen and oxygen atoms in total. The first-order valence-corrected chi connectivity index (χ1v) is 4.94. The van der Waals surface area contributed by atoms with E-state index in [1.54, 1.807) is 0 Å². The van der Waals surface area contributed by atoms with Gasteiger partial charge in [-0.05, 0) is 30.7 Å². The van der Waals surface area contributed by atoms with E-state index in [1.807, 2.05) is 0 Å². The second kappa shape index (κ2) is 5.10. The number of ether oxygens (including phenoxy) is 1. The lowest BCUT2D eigenvalue weighted by Crippen LogP contribution is -2.13. The van der Waals surface area contributed by atoms with Crippen LogP contribution < -0.4 is 0 Å². The highest BCUT2D eigenvalue weighted by Gasteiger charge is 2.37. The van der Waals surface area contributed by atoms with Gasteiger partial charge in [0, 0.05) is 0 Å². The van der Waals surface area contributed by atoms with Gasteiger partial charge < -0.3 is 4.74 Å². The number of carbonyl (C=O) groups is 1. The first-order valence-electron chi connectivity index (χ1n) is 4.94. The monoisotopic (exact) mass is 286 g/mol. The summed E-state index contributed by atoms with van der Waals surface area (Å²) in [6.45, 7) is 1.13. The fraction of sp³-hybridized carbons (Fsp3) is 0.364. The molecular formula is C11H8F6O2. The van der Waals surface area contributed by atoms with Gasteiger partial charge in [-0.2, -0.15) is 26.3 Å². The molecule has 0 saturated heterocycles. The van der Waals surface area contributed by atoms with Crippen molar-refractivity contribution < 1.29 is 35.9 Å². The fourth-order valence-corrected chi connectivity index (χ4v) is 1.38. The summed E-state index contributed by atoms with van der Waals surface area (Å²) in [5.74, 6) is 0. The molecular weight excluding hydrogens is 278 g/mol. The summed E-state index contributed by atoms with van der Waals surface area (Å²) in [5, 5.41) is 0. The van der Waals surface area contributed by atoms with Crippen LogP contribution in [0.3, 0.4) is 0 Å². The van der Waals surface area contributed by atoms with E-state index in [4.69, 9.17) is 0 Å². The van der Waals surface area contributed by atoms with Crippen molar-refractivity contribution in [2.75, 3.05) is 0 Å². The summed E-state index contributed by atoms with van der Waals surface area (Å²) in [7, 11) is 0. The Bertz CT molecular complexity index is 431. The number of carbonyl (C=O) groups excluding carboxylic acids is 1. The second-order valence-electron chi connectivity index (χ2n) is 3.71. The smallest absolute Gasteiger partial charge is 0.416 e. The van der Waals surface area contributed by atoms with E-state index >= 15 is 0 Å². The van der Waals surface area contributed by atoms with Gasteiger partial charge in [0.05, 0.1) is 11.1 Å². The number of rotatable bonds is 3. The molecule has 106 valence electrons. The quantitative estimate of drug-likeness (QED) is 0.621. The molecule has 1 aromatic carbocycles. The van der Waals surface area contributed by atoms with Gasteiger partial charge in [-0.1, -0.05) is 0 Å². The summed E-state index contributed by atoms with van der Waals surface area (Å²) in [6.07, 6.45) is -11.0. The van der Waals surface area contributed by atoms with Crippen LogP contribution in [0.25, 0.3) is 0 Å². The van der Waals surface area contributed by atoms with Crippen molar-refractivity contribution in [3.8, 4) is 0 Å². The van der Waals surface area contributed by atoms with Gasteiger partial charge in [-0.3, -0.25) is 4.79 Å². The molecule has 1 atom stereocenters. The maximum absolute atomic E-state index is 12.5. The molecule has 1 aromatic rings. The minimum absolute atomic E-state index is 0.0110. The molecule has 19 heavy (non-hydrogen) atoms. The lowest BCUT2D eigenvalue weighted by molar-refractivity contribution is -0.143. The lowest BCUT2D eigenvalue weighted by Gasteiger charge is -2.16. The highest BCUT2D eigenvalue weighted by Crippen LogP contribution is 2.37. The van der Waals surface area contributed by atoms with Crippen LogP contribution in [-0.2, 0) is 21.9 Å². The van der Waals surface area contributed by atoms with Gasteiger partial charge in [-0.25, -0.2) is 0 Å². The van der Waals surface area contributed by atoms with Gasteiger partial charge in [0.25, 0.3) is 6.47 Å². The number of alkyl halides is 6. The van der Waals surface area contributed by atoms with E-state index in [0.717, 1.165) is 0 Å². The average Bonchev–Trinajstić information content (AvgIpc) is 2.26. The molecule has 0 saturated carbocycles. The van der Waals surface area contributed by atoms with Crippen molar-refractivity contribution in [2.45, 2.75) is 25.4 Å². The largest absolute Gasteiger partial charge is 0.460 e. The van der Waals surface area contributed by atoms with Gasteiger partial charge in [0.1, 0.15) is 6.10 Å². The van der Waals surface area contributed by atoms with Gasteiger partial charge >= 0.3 is 12.4 Å². The normalized spacial score (nSPS) is 14.1. The molecule has 0 aliphatic carbocycles. The van der Waals surface area contributed by atoms with Crippen molar-refractivity contribution >= 4 is 6.47 Å². The molecule has 0 aliphatic heterocycles. The molecule has 0 fully saturated rings. The molecule has 8 heteroatoms. The topological polar surface area (TPSA) is 26.3 Å². The van der Waals surface area contributed by atoms with Crippen molar-refractivity contribution in [1.82, 2.24) is 0 Å². The van der Waals surface area contributed by atoms with Crippen LogP contribution in [0.4, 0.5) is 26.3 Å². The third-order valence-corrected chi connectivity index (χ3v) is 2.34. The van der Waals surface area contributed by atoms with Crippen LogP contribution in [-0.4, -0.2) is 6.47 Å². The molecule has 0 heterocycles. The number of hydrogen-bond donors (Lipinski definition) is 0. The molecule has 1 rings (SSSR count). The molecule has 0 N–H and O–H groups in total. The van der Waals surface area contributed by atoms with E-state index in [-0.39, 0.29) is 18.1 Å². The van der Waals surface area contributed by atoms with Crippen LogP contribution in [0, 0.1) is 0 Å². The van der Waals surface area contributed by atoms with Crippen molar-refractivity contribution in [1.29, 1.82) is 0 Å². The average molecular weight is 286 g/mol. The van der Waals surface area contributed by atoms with E-state index in [0.29, 0.717) is 12.1 Å². The van der Waals surface area contributed by atoms with Gasteiger partial charge in [0.15, 0.2) is 0 Å². The van der Waals surface area contributed by atoms with E-state index in [1.165, 1.54) is 6.92 Å². The van der Waals surface area contributed by atoms with Crippen molar-refractivity contribution in [3.63, 3.8) is 0 Å². The third-order valence-electron chi connectivity index (χ3n) is 2.34. The maximum Gasteiger partial charge on any atom is 0.416 e. The summed E-state index contributed by atoms with van der Waals surface area (Å²) < 4.78 is 79.4. The molecule has 0 bridgehead atoms. The first-order chi connectivity index (χ1) is 8.55. The predicted octanol–water partition coefficient (Wildman–Crippen LogP) is 3.96. The number of hydrogen-bond acceptors (Lipinski definition) is 2. The summed E-state index contributed by atoms with van der Waals surface area (Å²) in [4.78, 5) is 10.1. The van der Waals surface area contributed by atoms with E-state index < -0.39 is 29.6 Å². The maximum atomic E-state index is 12.5. The molecule has 0 amide bonds. The third kappa shape index (κ3) is 3.87. The minimum atomic E-state index is -4.92. The zero-order chi connectivity index (χ0) is 14.8. The number of benzene rings is 1. The Balaban J connectivity index is 3.36. The Morgan fingerprint density at radius 3 is 1.74 bits per heavy atom. The Morgan fingerprint density at radius 1 is 1.00 bits per heavy atom. The van der Waals surface area contributed by atoms with Crippen LogP contribution in [0.15, 0.2) is 18.2 Å². The minimum Gasteiger partial charge on any atom is -0.460 e. The molecule has 0 aromatic heterocycles. The molecule has 1 unspecified atom stereocenters. The SMILES string of the molecule is CC(OC=O)c1cc(C(F)(F)F)cc(C(F)(F)F)c1. The highest BCUT2D eigenvalue weighted by molar-refractivity contribution is 5.40. The Kier molecular flexibility index (Phi) is 4.12. The van der Waals surface area contributed by atoms with Gasteiger partial charge in [-0.15, -0.1) is 0 Å². The highest BCUT2D eigenvalue weighted by atomic mass is 19.4. The molecule has 0 radical (unpaired) electrons. The summed E-state index contributed by atoms with van der Waals surface area (Å²) >= 11 is 0. The Labute approximate surface area is 104 Å². The van der Waals surface area contributed by atoms with Crippen LogP contribution in [0.2, 0.25) is 0 Å². The standard InChI is InChI=1S/C11H8F6O2/c1-6(19-5-18)7-2-8(10(12,13)14)4-9(3-7)11(15,16)17/h2-6H,1H3. The first kappa shape index (κ1) is 15.3. The van der Waals surface area contributed by atoms with E-state index in [9.17, 15) is 31.1 Å². The lowest BCUT2D eigenvalue weighted by atomic mass is 10.0. The zero-order valence-corrected chi connectivity index (χ0v) is 9.47. The molecule has 0 aliphatic rings. The van der Waals surface area contributed by atoms with E-state index in [2.05, 4.69) is 4.74 Å². The molecule has 0 spiro atoms. The van der Waals surface area contributed by atoms with Gasteiger partial charge in [0.2, 0.25) is 0 Å². The predicted molar refractivity (Wildman–Crippen MR) is 52.0 cm³/mol. The van der Waals surface area contributed by atoms with Crippen molar-refractivity contribution in [3.05, 3.63) is 34.9 Å². The Morgan fingerprint density at radius 2 is 1.42 bits per heavy atom. The second-order valence-corrected chi connectivity index (χ2v) is 3.71. The van der Waals surface area contributed by atoms with Crippen LogP contribution >= 0.6 is 0 Å². The Hall–Kier alpha value is -1.73. The van der Waals surface area contributed by atoms with Crippen LogP contribution in [0.1, 0.15) is 29.7 Å². The fourth-order valence-electron chi connectivity index (χ4n) is 1.38. The number of halogens is 6. The zero-order valence-electron chi connectivity index (χ0n) is 9.47. The van der Waals surface area contributed by atoms with Crippen molar-refractivity contribution in [2.24, 2.45) is 0 Å².